The second kappa shape index (κ2) is 38.7. The smallest absolute Gasteiger partial charge is 0.0999 e. The van der Waals surface area contributed by atoms with Crippen LogP contribution in [0.1, 0.15) is 176 Å². The van der Waals surface area contributed by atoms with E-state index in [2.05, 4.69) is 123 Å². The maximum Gasteiger partial charge on any atom is 0.0999 e. The highest BCUT2D eigenvalue weighted by Crippen LogP contribution is 2.35. The summed E-state index contributed by atoms with van der Waals surface area (Å²) in [6.45, 7) is 23.6. The molecular weight excluding hydrogens is 1530 g/mol. The normalized spacial score (nSPS) is 13.7. The van der Waals surface area contributed by atoms with E-state index in [1.54, 1.807) is 113 Å². The van der Waals surface area contributed by atoms with Crippen molar-refractivity contribution in [2.75, 3.05) is 33.0 Å². The minimum atomic E-state index is -0.884. The molecule has 0 saturated carbocycles. The average Bonchev–Trinajstić information content (AvgIpc) is 1.35. The summed E-state index contributed by atoms with van der Waals surface area (Å²) in [5, 5.41) is 129. The maximum absolute atomic E-state index is 9.90. The van der Waals surface area contributed by atoms with Crippen molar-refractivity contribution >= 4 is 22.1 Å². The van der Waals surface area contributed by atoms with E-state index >= 15 is 0 Å². The van der Waals surface area contributed by atoms with Gasteiger partial charge in [-0.3, -0.25) is 37.5 Å². The zero-order chi connectivity index (χ0) is 85.0. The molecule has 0 amide bonds. The van der Waals surface area contributed by atoms with Crippen LogP contribution in [-0.2, 0) is 0 Å². The van der Waals surface area contributed by atoms with E-state index in [9.17, 15) is 40.9 Å². The molecule has 0 fully saturated rings. The van der Waals surface area contributed by atoms with Crippen molar-refractivity contribution in [3.63, 3.8) is 0 Å². The minimum absolute atomic E-state index is 0.192. The monoisotopic (exact) mass is 1640 g/mol. The molecule has 16 heterocycles. The Bertz CT molecular complexity index is 5500. The Labute approximate surface area is 693 Å². The fourth-order valence-corrected chi connectivity index (χ4v) is 14.5. The Morgan fingerprint density at radius 3 is 0.742 bits per heavy atom. The lowest BCUT2D eigenvalue weighted by Crippen LogP contribution is -2.25. The maximum atomic E-state index is 9.90. The first kappa shape index (κ1) is 85.7. The van der Waals surface area contributed by atoms with Gasteiger partial charge in [-0.2, -0.15) is 61.2 Å². The molecule has 0 saturated heterocycles. The van der Waals surface area contributed by atoms with Gasteiger partial charge in [-0.1, -0.05) is 55.4 Å². The van der Waals surface area contributed by atoms with Gasteiger partial charge < -0.3 is 40.9 Å². The van der Waals surface area contributed by atoms with Crippen molar-refractivity contribution < 1.29 is 40.9 Å². The molecule has 36 nitrogen and oxygen atoms in total. The third-order valence-corrected chi connectivity index (χ3v) is 22.1. The van der Waals surface area contributed by atoms with E-state index in [0.717, 1.165) is 134 Å². The van der Waals surface area contributed by atoms with Crippen LogP contribution in [0.3, 0.4) is 0 Å². The fourth-order valence-electron chi connectivity index (χ4n) is 14.5. The van der Waals surface area contributed by atoms with Gasteiger partial charge in [-0.15, -0.1) is 0 Å². The summed E-state index contributed by atoms with van der Waals surface area (Å²) >= 11 is 0. The summed E-state index contributed by atoms with van der Waals surface area (Å²) in [6.07, 6.45) is 48.5. The molecule has 632 valence electrons. The third-order valence-electron chi connectivity index (χ3n) is 22.1. The molecule has 0 bridgehead atoms. The zero-order valence-electron chi connectivity index (χ0n) is 69.7. The van der Waals surface area contributed by atoms with Crippen molar-refractivity contribution in [3.8, 4) is 90.1 Å². The molecule has 7 atom stereocenters. The molecule has 16 rings (SSSR count). The number of hydrogen-bond donors (Lipinski definition) is 8. The van der Waals surface area contributed by atoms with Crippen LogP contribution in [0, 0.1) is 5.92 Å². The summed E-state index contributed by atoms with van der Waals surface area (Å²) in [7, 11) is 0. The number of aliphatic hydroxyl groups excluding tert-OH is 8. The number of aromatic nitrogens is 28. The average molecular weight is 1640 g/mol. The predicted molar refractivity (Wildman–Crippen MR) is 451 cm³/mol. The quantitative estimate of drug-likeness (QED) is 0.0194. The van der Waals surface area contributed by atoms with Crippen LogP contribution in [0.15, 0.2) is 173 Å². The Morgan fingerprint density at radius 2 is 0.492 bits per heavy atom. The lowest BCUT2D eigenvalue weighted by atomic mass is 10.1. The number of aliphatic hydroxyl groups is 8. The molecule has 0 aromatic carbocycles. The van der Waals surface area contributed by atoms with Gasteiger partial charge in [0.25, 0.3) is 0 Å². The molecule has 0 aliphatic rings. The SMILES string of the molecule is CC(C)C[C@@H](C)n1cc(-c2nc(-c3cnn(C(CO)CO)c3)cn3nccc23)cn1.CCC(CC)n1cc(-c2nc(-c3cnn([C@@H](C)[C@@H](O)CO)c3)cn3nccc23)cn1.CCC(CC)n1cc(-c2nc(-c3cnn([C@@H](C)[C@H](O)CO)c3)cn3nccc23)cn1.CCC(CC)n1cc(-c2nc(-c3cnn([C@H](C)[C@H](O)CO)c3)cn3nccc23)cn1. The van der Waals surface area contributed by atoms with E-state index in [4.69, 9.17) is 19.9 Å². The summed E-state index contributed by atoms with van der Waals surface area (Å²) < 4.78 is 21.7. The number of rotatable bonds is 32. The summed E-state index contributed by atoms with van der Waals surface area (Å²) in [4.78, 5) is 19.6. The van der Waals surface area contributed by atoms with Gasteiger partial charge in [0, 0.05) is 100 Å². The lowest BCUT2D eigenvalue weighted by Gasteiger charge is -2.16. The first-order chi connectivity index (χ1) is 58.1. The van der Waals surface area contributed by atoms with Crippen LogP contribution < -0.4 is 0 Å². The van der Waals surface area contributed by atoms with Crippen LogP contribution >= 0.6 is 0 Å². The van der Waals surface area contributed by atoms with Gasteiger partial charge in [0.2, 0.25) is 0 Å². The fraction of sp³-hybridized carbons (Fsp3) is 0.429. The lowest BCUT2D eigenvalue weighted by molar-refractivity contribution is 0.0535. The van der Waals surface area contributed by atoms with Gasteiger partial charge >= 0.3 is 0 Å². The van der Waals surface area contributed by atoms with Gasteiger partial charge in [0.15, 0.2) is 0 Å². The van der Waals surface area contributed by atoms with Gasteiger partial charge in [-0.05, 0) is 103 Å². The molecule has 8 N–H and O–H groups in total. The molecule has 0 spiro atoms. The van der Waals surface area contributed by atoms with Gasteiger partial charge in [-0.25, -0.2) is 38.0 Å². The van der Waals surface area contributed by atoms with Crippen molar-refractivity contribution in [3.05, 3.63) is 173 Å². The molecular formula is C84H108N28O8. The van der Waals surface area contributed by atoms with Crippen LogP contribution in [0.25, 0.3) is 112 Å². The van der Waals surface area contributed by atoms with Crippen molar-refractivity contribution in [2.24, 2.45) is 5.92 Å². The van der Waals surface area contributed by atoms with Crippen molar-refractivity contribution in [2.45, 2.75) is 195 Å². The Kier molecular flexibility index (Phi) is 27.6. The first-order valence-corrected chi connectivity index (χ1v) is 41.0. The zero-order valence-corrected chi connectivity index (χ0v) is 69.7. The highest BCUT2D eigenvalue weighted by molar-refractivity contribution is 5.81. The van der Waals surface area contributed by atoms with Crippen molar-refractivity contribution in [1.29, 1.82) is 0 Å². The second-order valence-corrected chi connectivity index (χ2v) is 30.6. The van der Waals surface area contributed by atoms with E-state index in [1.165, 1.54) is 0 Å². The van der Waals surface area contributed by atoms with E-state index in [0.29, 0.717) is 52.9 Å². The Balaban J connectivity index is 0.000000138. The Hall–Kier alpha value is -12.2. The molecule has 0 aliphatic heterocycles. The molecule has 0 unspecified atom stereocenters. The number of fused-ring (bicyclic) bond motifs is 4. The topological polar surface area (TPSA) is 425 Å². The first-order valence-electron chi connectivity index (χ1n) is 41.0. The van der Waals surface area contributed by atoms with Crippen molar-refractivity contribution in [1.82, 2.24) is 137 Å². The molecule has 0 radical (unpaired) electrons. The highest BCUT2D eigenvalue weighted by Gasteiger charge is 2.26. The van der Waals surface area contributed by atoms with Gasteiger partial charge in [0.05, 0.1) is 260 Å². The number of nitrogens with zero attached hydrogens (tertiary/aromatic N) is 28. The van der Waals surface area contributed by atoms with Crippen LogP contribution in [0.2, 0.25) is 0 Å². The van der Waals surface area contributed by atoms with Crippen LogP contribution in [-0.4, -0.2) is 229 Å². The third kappa shape index (κ3) is 18.6. The second-order valence-electron chi connectivity index (χ2n) is 30.6. The minimum Gasteiger partial charge on any atom is -0.394 e. The number of hydrogen-bond acceptors (Lipinski definition) is 24. The van der Waals surface area contributed by atoms with Gasteiger partial charge in [0.1, 0.15) is 0 Å². The largest absolute Gasteiger partial charge is 0.394 e. The predicted octanol–water partition coefficient (Wildman–Crippen LogP) is 10.8. The van der Waals surface area contributed by atoms with E-state index in [-0.39, 0.29) is 51.2 Å². The molecule has 0 aliphatic carbocycles. The van der Waals surface area contributed by atoms with E-state index < -0.39 is 24.4 Å². The summed E-state index contributed by atoms with van der Waals surface area (Å²) in [5.41, 5.74) is 16.6. The summed E-state index contributed by atoms with van der Waals surface area (Å²) in [6, 6.07) is 7.58. The van der Waals surface area contributed by atoms with Crippen LogP contribution in [0.4, 0.5) is 0 Å². The molecule has 36 heteroatoms. The molecule has 16 aromatic rings. The Morgan fingerprint density at radius 1 is 0.267 bits per heavy atom. The molecule has 16 aromatic heterocycles. The molecule has 120 heavy (non-hydrogen) atoms. The van der Waals surface area contributed by atoms with Crippen LogP contribution in [0.5, 0.6) is 0 Å². The summed E-state index contributed by atoms with van der Waals surface area (Å²) in [5.74, 6) is 0.592. The highest BCUT2D eigenvalue weighted by atomic mass is 16.3. The van der Waals surface area contributed by atoms with E-state index in [1.807, 2.05) is 136 Å². The standard InChI is InChI=1S/4C21H27N7O2/c1-14(2)6-15(3)26-10-17(8-23-26)21-20-4-5-22-28(20)11-19(25-21)16-7-24-27(9-16)18(12-29)13-30;3*1-4-17(5-2)27-11-16(9-24-27)21-19-6-7-22-28(19)12-18(25-21)15-8-23-26(10-15)14(3)20(30)13-29/h4-5,7-11,14-15,18,29-30H,6,12-13H2,1-3H3;3*6-12,14,17,20,29-30H,4-5,13H2,1-3H3/t15-;14-,20+;2*14-,20-/m1010/s1.